The summed E-state index contributed by atoms with van der Waals surface area (Å²) < 4.78 is 0. The highest BCUT2D eigenvalue weighted by Crippen LogP contribution is 2.13. The number of hydrogen-bond donors (Lipinski definition) is 1. The predicted octanol–water partition coefficient (Wildman–Crippen LogP) is 1.81. The van der Waals surface area contributed by atoms with Crippen LogP contribution in [0.5, 0.6) is 0 Å². The Bertz CT molecular complexity index is 386. The molecule has 0 aromatic heterocycles. The number of benzene rings is 1. The van der Waals surface area contributed by atoms with Gasteiger partial charge in [0, 0.05) is 24.7 Å². The molecule has 1 aliphatic rings. The van der Waals surface area contributed by atoms with Crippen LogP contribution in [-0.4, -0.2) is 29.9 Å². The maximum Gasteiger partial charge on any atom is 0.253 e. The summed E-state index contributed by atoms with van der Waals surface area (Å²) in [6, 6.07) is 8.10. The van der Waals surface area contributed by atoms with E-state index in [1.165, 1.54) is 5.56 Å². The fourth-order valence-corrected chi connectivity index (χ4v) is 2.26. The van der Waals surface area contributed by atoms with Gasteiger partial charge in [-0.1, -0.05) is 25.5 Å². The number of nitrogens with zero attached hydrogens (tertiary/aromatic N) is 1. The molecule has 2 N–H and O–H groups in total. The van der Waals surface area contributed by atoms with Gasteiger partial charge in [0.1, 0.15) is 0 Å². The van der Waals surface area contributed by atoms with Crippen molar-refractivity contribution in [2.24, 2.45) is 5.73 Å². The van der Waals surface area contributed by atoms with E-state index < -0.39 is 0 Å². The topological polar surface area (TPSA) is 46.3 Å². The minimum atomic E-state index is 0.112. The minimum absolute atomic E-state index is 0.112. The Kier molecular flexibility index (Phi) is 3.79. The number of aryl methyl sites for hydroxylation is 1. The zero-order valence-electron chi connectivity index (χ0n) is 10.4. The minimum Gasteiger partial charge on any atom is -0.337 e. The highest BCUT2D eigenvalue weighted by Gasteiger charge is 2.24. The van der Waals surface area contributed by atoms with E-state index in [-0.39, 0.29) is 11.9 Å². The van der Waals surface area contributed by atoms with Crippen molar-refractivity contribution in [1.82, 2.24) is 4.90 Å². The maximum absolute atomic E-state index is 12.1. The molecule has 0 spiro atoms. The molecule has 1 aliphatic heterocycles. The van der Waals surface area contributed by atoms with Crippen LogP contribution >= 0.6 is 0 Å². The maximum atomic E-state index is 12.1. The first-order valence-electron chi connectivity index (χ1n) is 6.34. The van der Waals surface area contributed by atoms with Crippen molar-refractivity contribution in [2.75, 3.05) is 13.1 Å². The van der Waals surface area contributed by atoms with Gasteiger partial charge in [0.15, 0.2) is 0 Å². The molecule has 3 nitrogen and oxygen atoms in total. The molecule has 1 unspecified atom stereocenters. The lowest BCUT2D eigenvalue weighted by atomic mass is 10.1. The molecule has 92 valence electrons. The summed E-state index contributed by atoms with van der Waals surface area (Å²) in [5.41, 5.74) is 7.88. The van der Waals surface area contributed by atoms with Crippen molar-refractivity contribution in [3.8, 4) is 0 Å². The molecule has 1 fully saturated rings. The second-order valence-electron chi connectivity index (χ2n) is 4.75. The van der Waals surface area contributed by atoms with E-state index in [1.54, 1.807) is 0 Å². The number of rotatable bonds is 3. The molecular weight excluding hydrogens is 212 g/mol. The monoisotopic (exact) mass is 232 g/mol. The van der Waals surface area contributed by atoms with Crippen molar-refractivity contribution >= 4 is 5.91 Å². The third kappa shape index (κ3) is 2.86. The van der Waals surface area contributed by atoms with Gasteiger partial charge in [-0.3, -0.25) is 4.79 Å². The molecule has 17 heavy (non-hydrogen) atoms. The number of hydrogen-bond acceptors (Lipinski definition) is 2. The summed E-state index contributed by atoms with van der Waals surface area (Å²) in [6.07, 6.45) is 3.12. The quantitative estimate of drug-likeness (QED) is 0.864. The molecule has 1 aromatic carbocycles. The van der Waals surface area contributed by atoms with Gasteiger partial charge in [0.2, 0.25) is 0 Å². The van der Waals surface area contributed by atoms with E-state index in [1.807, 2.05) is 29.2 Å². The van der Waals surface area contributed by atoms with Crippen molar-refractivity contribution in [2.45, 2.75) is 32.2 Å². The predicted molar refractivity (Wildman–Crippen MR) is 68.9 cm³/mol. The van der Waals surface area contributed by atoms with Crippen molar-refractivity contribution in [3.05, 3.63) is 35.4 Å². The SMILES string of the molecule is CCCc1ccc(C(=O)N2CCC(N)C2)cc1. The van der Waals surface area contributed by atoms with Crippen LogP contribution in [0.15, 0.2) is 24.3 Å². The fourth-order valence-electron chi connectivity index (χ4n) is 2.26. The summed E-state index contributed by atoms with van der Waals surface area (Å²) in [6.45, 7) is 3.64. The van der Waals surface area contributed by atoms with E-state index >= 15 is 0 Å². The lowest BCUT2D eigenvalue weighted by Gasteiger charge is -2.15. The van der Waals surface area contributed by atoms with Crippen LogP contribution < -0.4 is 5.73 Å². The van der Waals surface area contributed by atoms with E-state index in [0.717, 1.165) is 31.4 Å². The Morgan fingerprint density at radius 1 is 1.41 bits per heavy atom. The number of nitrogens with two attached hydrogens (primary N) is 1. The first-order chi connectivity index (χ1) is 8.20. The molecule has 3 heteroatoms. The number of likely N-dealkylation sites (tertiary alicyclic amines) is 1. The van der Waals surface area contributed by atoms with Crippen LogP contribution in [0.2, 0.25) is 0 Å². The molecule has 1 atom stereocenters. The lowest BCUT2D eigenvalue weighted by molar-refractivity contribution is 0.0791. The Morgan fingerprint density at radius 2 is 2.12 bits per heavy atom. The van der Waals surface area contributed by atoms with Gasteiger partial charge in [-0.15, -0.1) is 0 Å². The summed E-state index contributed by atoms with van der Waals surface area (Å²) in [4.78, 5) is 14.0. The molecule has 1 heterocycles. The van der Waals surface area contributed by atoms with Gasteiger partial charge < -0.3 is 10.6 Å². The van der Waals surface area contributed by atoms with E-state index in [2.05, 4.69) is 6.92 Å². The number of amides is 1. The van der Waals surface area contributed by atoms with Crippen LogP contribution in [0.25, 0.3) is 0 Å². The second-order valence-corrected chi connectivity index (χ2v) is 4.75. The first kappa shape index (κ1) is 12.1. The molecule has 0 aliphatic carbocycles. The zero-order valence-corrected chi connectivity index (χ0v) is 10.4. The number of carbonyl (C=O) groups is 1. The Morgan fingerprint density at radius 3 is 2.65 bits per heavy atom. The lowest BCUT2D eigenvalue weighted by Crippen LogP contribution is -2.31. The zero-order chi connectivity index (χ0) is 12.3. The molecule has 2 rings (SSSR count). The summed E-state index contributed by atoms with van der Waals surface area (Å²) in [7, 11) is 0. The van der Waals surface area contributed by atoms with Crippen molar-refractivity contribution in [1.29, 1.82) is 0 Å². The van der Waals surface area contributed by atoms with E-state index in [4.69, 9.17) is 5.73 Å². The summed E-state index contributed by atoms with van der Waals surface area (Å²) >= 11 is 0. The highest BCUT2D eigenvalue weighted by atomic mass is 16.2. The largest absolute Gasteiger partial charge is 0.337 e. The van der Waals surface area contributed by atoms with E-state index in [0.29, 0.717) is 6.54 Å². The van der Waals surface area contributed by atoms with Gasteiger partial charge >= 0.3 is 0 Å². The Labute approximate surface area is 103 Å². The molecule has 0 bridgehead atoms. The van der Waals surface area contributed by atoms with Crippen LogP contribution in [0, 0.1) is 0 Å². The van der Waals surface area contributed by atoms with Gasteiger partial charge in [-0.25, -0.2) is 0 Å². The first-order valence-corrected chi connectivity index (χ1v) is 6.34. The van der Waals surface area contributed by atoms with Gasteiger partial charge in [-0.2, -0.15) is 0 Å². The number of carbonyl (C=O) groups excluding carboxylic acids is 1. The molecule has 0 radical (unpaired) electrons. The fraction of sp³-hybridized carbons (Fsp3) is 0.500. The van der Waals surface area contributed by atoms with Gasteiger partial charge in [0.25, 0.3) is 5.91 Å². The van der Waals surface area contributed by atoms with Crippen LogP contribution in [0.4, 0.5) is 0 Å². The van der Waals surface area contributed by atoms with Gasteiger partial charge in [0.05, 0.1) is 0 Å². The van der Waals surface area contributed by atoms with Crippen molar-refractivity contribution < 1.29 is 4.79 Å². The molecule has 1 saturated heterocycles. The Balaban J connectivity index is 2.04. The smallest absolute Gasteiger partial charge is 0.253 e. The van der Waals surface area contributed by atoms with Crippen LogP contribution in [0.3, 0.4) is 0 Å². The normalized spacial score (nSPS) is 19.6. The van der Waals surface area contributed by atoms with Crippen molar-refractivity contribution in [3.63, 3.8) is 0 Å². The average Bonchev–Trinajstić information content (AvgIpc) is 2.76. The molecule has 1 aromatic rings. The van der Waals surface area contributed by atoms with E-state index in [9.17, 15) is 4.79 Å². The molecule has 1 amide bonds. The van der Waals surface area contributed by atoms with Gasteiger partial charge in [-0.05, 0) is 30.5 Å². The Hall–Kier alpha value is -1.35. The third-order valence-corrected chi connectivity index (χ3v) is 3.25. The summed E-state index contributed by atoms with van der Waals surface area (Å²) in [5.74, 6) is 0.112. The standard InChI is InChI=1S/C14H20N2O/c1-2-3-11-4-6-12(7-5-11)14(17)16-9-8-13(15)10-16/h4-7,13H,2-3,8-10,15H2,1H3. The average molecular weight is 232 g/mol. The summed E-state index contributed by atoms with van der Waals surface area (Å²) in [5, 5.41) is 0. The second kappa shape index (κ2) is 5.32. The highest BCUT2D eigenvalue weighted by molar-refractivity contribution is 5.94. The van der Waals surface area contributed by atoms with Crippen LogP contribution in [0.1, 0.15) is 35.7 Å². The molecule has 0 saturated carbocycles. The van der Waals surface area contributed by atoms with Crippen LogP contribution in [-0.2, 0) is 6.42 Å². The third-order valence-electron chi connectivity index (χ3n) is 3.25. The molecular formula is C14H20N2O.